The largest absolute Gasteiger partial charge is 0.463 e. The van der Waals surface area contributed by atoms with Crippen LogP contribution in [0.25, 0.3) is 0 Å². The van der Waals surface area contributed by atoms with Crippen molar-refractivity contribution in [2.24, 2.45) is 0 Å². The molecule has 0 fully saturated rings. The van der Waals surface area contributed by atoms with Gasteiger partial charge in [-0.15, -0.1) is 0 Å². The normalized spacial score (nSPS) is 11.1. The van der Waals surface area contributed by atoms with Crippen LogP contribution < -0.4 is 0 Å². The number of carbonyl (C=O) groups is 2. The second-order valence-electron chi connectivity index (χ2n) is 5.10. The number of hydrogen-bond donors (Lipinski definition) is 0. The molecule has 92 valence electrons. The zero-order chi connectivity index (χ0) is 13.2. The zero-order valence-electron chi connectivity index (χ0n) is 11.0. The van der Waals surface area contributed by atoms with Crippen LogP contribution in [0.5, 0.6) is 0 Å². The molecule has 1 aromatic carbocycles. The summed E-state index contributed by atoms with van der Waals surface area (Å²) in [4.78, 5) is 23.1. The van der Waals surface area contributed by atoms with Crippen molar-refractivity contribution < 1.29 is 14.3 Å². The average molecular weight is 234 g/mol. The molecule has 0 aliphatic rings. The Balaban J connectivity index is 3.25. The third-order valence-electron chi connectivity index (χ3n) is 2.72. The van der Waals surface area contributed by atoms with E-state index >= 15 is 0 Å². The molecule has 0 aliphatic carbocycles. The van der Waals surface area contributed by atoms with Gasteiger partial charge >= 0.3 is 5.97 Å². The maximum Gasteiger partial charge on any atom is 0.379 e. The van der Waals surface area contributed by atoms with E-state index in [1.165, 1.54) is 7.11 Å². The van der Waals surface area contributed by atoms with E-state index in [0.29, 0.717) is 5.56 Å². The van der Waals surface area contributed by atoms with Gasteiger partial charge in [-0.1, -0.05) is 32.9 Å². The average Bonchev–Trinajstić information content (AvgIpc) is 2.26. The fourth-order valence-corrected chi connectivity index (χ4v) is 1.54. The number of benzene rings is 1. The number of hydrogen-bond acceptors (Lipinski definition) is 3. The third-order valence-corrected chi connectivity index (χ3v) is 2.72. The first kappa shape index (κ1) is 13.4. The summed E-state index contributed by atoms with van der Waals surface area (Å²) < 4.78 is 4.46. The highest BCUT2D eigenvalue weighted by atomic mass is 16.5. The predicted molar refractivity (Wildman–Crippen MR) is 66.2 cm³/mol. The molecule has 0 aromatic heterocycles. The lowest BCUT2D eigenvalue weighted by Gasteiger charge is -2.20. The van der Waals surface area contributed by atoms with Crippen LogP contribution in [0.4, 0.5) is 0 Å². The lowest BCUT2D eigenvalue weighted by Crippen LogP contribution is -2.19. The quantitative estimate of drug-likeness (QED) is 0.449. The molecule has 17 heavy (non-hydrogen) atoms. The van der Waals surface area contributed by atoms with E-state index in [1.807, 2.05) is 19.1 Å². The fourth-order valence-electron chi connectivity index (χ4n) is 1.54. The van der Waals surface area contributed by atoms with Crippen molar-refractivity contribution in [3.05, 3.63) is 34.9 Å². The third kappa shape index (κ3) is 2.93. The molecular weight excluding hydrogens is 216 g/mol. The van der Waals surface area contributed by atoms with Crippen molar-refractivity contribution in [3.63, 3.8) is 0 Å². The van der Waals surface area contributed by atoms with Gasteiger partial charge in [0, 0.05) is 5.56 Å². The van der Waals surface area contributed by atoms with Crippen molar-refractivity contribution in [3.8, 4) is 0 Å². The summed E-state index contributed by atoms with van der Waals surface area (Å²) in [6, 6.07) is 5.61. The van der Waals surface area contributed by atoms with E-state index in [2.05, 4.69) is 25.5 Å². The Bertz CT molecular complexity index is 453. The highest BCUT2D eigenvalue weighted by molar-refractivity contribution is 6.41. The van der Waals surface area contributed by atoms with Gasteiger partial charge in [-0.3, -0.25) is 4.79 Å². The molecule has 0 bridgehead atoms. The summed E-state index contributed by atoms with van der Waals surface area (Å²) in [5, 5.41) is 0. The Kier molecular flexibility index (Phi) is 3.71. The first-order valence-corrected chi connectivity index (χ1v) is 5.51. The van der Waals surface area contributed by atoms with Gasteiger partial charge in [-0.2, -0.15) is 0 Å². The molecule has 0 N–H and O–H groups in total. The van der Waals surface area contributed by atoms with Crippen LogP contribution in [0.1, 0.15) is 42.3 Å². The lowest BCUT2D eigenvalue weighted by molar-refractivity contribution is -0.135. The van der Waals surface area contributed by atoms with E-state index in [9.17, 15) is 9.59 Å². The topological polar surface area (TPSA) is 43.4 Å². The summed E-state index contributed by atoms with van der Waals surface area (Å²) in [6.45, 7) is 7.99. The second kappa shape index (κ2) is 4.70. The minimum Gasteiger partial charge on any atom is -0.463 e. The SMILES string of the molecule is COC(=O)C(=O)c1cc(C(C)(C)C)ccc1C. The Morgan fingerprint density at radius 1 is 1.18 bits per heavy atom. The first-order chi connectivity index (χ1) is 7.77. The maximum absolute atomic E-state index is 11.8. The van der Waals surface area contributed by atoms with E-state index in [4.69, 9.17) is 0 Å². The molecule has 0 radical (unpaired) electrons. The minimum atomic E-state index is -0.820. The van der Waals surface area contributed by atoms with Crippen LogP contribution in [-0.2, 0) is 14.9 Å². The second-order valence-corrected chi connectivity index (χ2v) is 5.10. The standard InChI is InChI=1S/C14H18O3/c1-9-6-7-10(14(2,3)4)8-11(9)12(15)13(16)17-5/h6-8H,1-5H3. The van der Waals surface area contributed by atoms with Crippen molar-refractivity contribution >= 4 is 11.8 Å². The van der Waals surface area contributed by atoms with Crippen LogP contribution >= 0.6 is 0 Å². The van der Waals surface area contributed by atoms with E-state index < -0.39 is 11.8 Å². The van der Waals surface area contributed by atoms with Crippen LogP contribution in [0, 0.1) is 6.92 Å². The molecular formula is C14H18O3. The lowest BCUT2D eigenvalue weighted by atomic mass is 9.85. The van der Waals surface area contributed by atoms with Crippen LogP contribution in [0.2, 0.25) is 0 Å². The maximum atomic E-state index is 11.8. The number of ketones is 1. The van der Waals surface area contributed by atoms with Crippen molar-refractivity contribution in [1.29, 1.82) is 0 Å². The summed E-state index contributed by atoms with van der Waals surface area (Å²) in [5.74, 6) is -1.41. The molecule has 0 atom stereocenters. The van der Waals surface area contributed by atoms with Crippen LogP contribution in [0.3, 0.4) is 0 Å². The molecule has 0 unspecified atom stereocenters. The first-order valence-electron chi connectivity index (χ1n) is 5.51. The number of carbonyl (C=O) groups excluding carboxylic acids is 2. The number of esters is 1. The zero-order valence-corrected chi connectivity index (χ0v) is 11.0. The molecule has 1 aromatic rings. The molecule has 0 aliphatic heterocycles. The van der Waals surface area contributed by atoms with Crippen molar-refractivity contribution in [2.45, 2.75) is 33.1 Å². The summed E-state index contributed by atoms with van der Waals surface area (Å²) in [7, 11) is 1.21. The van der Waals surface area contributed by atoms with Gasteiger partial charge in [0.25, 0.3) is 5.78 Å². The summed E-state index contributed by atoms with van der Waals surface area (Å²) >= 11 is 0. The van der Waals surface area contributed by atoms with E-state index in [1.54, 1.807) is 6.07 Å². The number of ether oxygens (including phenoxy) is 1. The van der Waals surface area contributed by atoms with Gasteiger partial charge in [0.2, 0.25) is 0 Å². The molecule has 0 saturated heterocycles. The number of rotatable bonds is 2. The van der Waals surface area contributed by atoms with Gasteiger partial charge in [0.1, 0.15) is 0 Å². The Morgan fingerprint density at radius 3 is 2.24 bits per heavy atom. The summed E-state index contributed by atoms with van der Waals surface area (Å²) in [5.41, 5.74) is 2.17. The van der Waals surface area contributed by atoms with Crippen LogP contribution in [0.15, 0.2) is 18.2 Å². The smallest absolute Gasteiger partial charge is 0.379 e. The Labute approximate surface area is 102 Å². The monoisotopic (exact) mass is 234 g/mol. The Morgan fingerprint density at radius 2 is 1.76 bits per heavy atom. The molecule has 0 saturated carbocycles. The highest BCUT2D eigenvalue weighted by Crippen LogP contribution is 2.24. The van der Waals surface area contributed by atoms with Gasteiger partial charge in [-0.25, -0.2) is 4.79 Å². The molecule has 1 rings (SSSR count). The molecule has 0 spiro atoms. The predicted octanol–water partition coefficient (Wildman–Crippen LogP) is 2.65. The molecule has 0 heterocycles. The van der Waals surface area contributed by atoms with Gasteiger partial charge < -0.3 is 4.74 Å². The fraction of sp³-hybridized carbons (Fsp3) is 0.429. The van der Waals surface area contributed by atoms with Crippen LogP contribution in [-0.4, -0.2) is 18.9 Å². The van der Waals surface area contributed by atoms with Gasteiger partial charge in [0.15, 0.2) is 0 Å². The molecule has 0 amide bonds. The van der Waals surface area contributed by atoms with E-state index in [-0.39, 0.29) is 5.41 Å². The van der Waals surface area contributed by atoms with Gasteiger partial charge in [-0.05, 0) is 29.5 Å². The summed E-state index contributed by atoms with van der Waals surface area (Å²) in [6.07, 6.45) is 0. The van der Waals surface area contributed by atoms with Crippen molar-refractivity contribution in [2.75, 3.05) is 7.11 Å². The molecule has 3 nitrogen and oxygen atoms in total. The van der Waals surface area contributed by atoms with Crippen molar-refractivity contribution in [1.82, 2.24) is 0 Å². The minimum absolute atomic E-state index is 0.0567. The number of Topliss-reactive ketones (excluding diaryl/α,β-unsaturated/α-hetero) is 1. The Hall–Kier alpha value is -1.64. The number of methoxy groups -OCH3 is 1. The molecule has 3 heteroatoms. The highest BCUT2D eigenvalue weighted by Gasteiger charge is 2.21. The van der Waals surface area contributed by atoms with Gasteiger partial charge in [0.05, 0.1) is 7.11 Å². The van der Waals surface area contributed by atoms with E-state index in [0.717, 1.165) is 11.1 Å². The number of aryl methyl sites for hydroxylation is 1.